The summed E-state index contributed by atoms with van der Waals surface area (Å²) in [5, 5.41) is 2.14. The molecule has 3 heterocycles. The molecule has 240 valence electrons. The van der Waals surface area contributed by atoms with Crippen molar-refractivity contribution < 1.29 is 8.83 Å². The van der Waals surface area contributed by atoms with Crippen LogP contribution >= 0.6 is 11.3 Å². The summed E-state index contributed by atoms with van der Waals surface area (Å²) in [7, 11) is 0. The normalized spacial score (nSPS) is 11.9. The van der Waals surface area contributed by atoms with E-state index in [9.17, 15) is 0 Å². The summed E-state index contributed by atoms with van der Waals surface area (Å²) < 4.78 is 10.3. The SMILES string of the molecule is CC(C)(C)Cc1cccs1.CC(C)(C)Cc1cocn1.Cc1ccc(CC(C)(C)C)o1.Cc1cccc(CC(C)(C)C)c1. The van der Waals surface area contributed by atoms with Gasteiger partial charge >= 0.3 is 0 Å². The van der Waals surface area contributed by atoms with Crippen molar-refractivity contribution in [3.63, 3.8) is 0 Å². The molecule has 0 aliphatic carbocycles. The van der Waals surface area contributed by atoms with Crippen LogP contribution in [0, 0.1) is 35.5 Å². The van der Waals surface area contributed by atoms with Gasteiger partial charge in [0.05, 0.1) is 5.69 Å². The number of aromatic nitrogens is 1. The van der Waals surface area contributed by atoms with E-state index in [-0.39, 0.29) is 0 Å². The molecule has 0 bridgehead atoms. The van der Waals surface area contributed by atoms with Crippen molar-refractivity contribution in [2.75, 3.05) is 0 Å². The fraction of sp³-hybridized carbons (Fsp3) is 0.564. The van der Waals surface area contributed by atoms with Gasteiger partial charge in [-0.2, -0.15) is 0 Å². The van der Waals surface area contributed by atoms with E-state index in [2.05, 4.69) is 143 Å². The van der Waals surface area contributed by atoms with Crippen LogP contribution in [0.15, 0.2) is 75.4 Å². The molecule has 0 radical (unpaired) electrons. The van der Waals surface area contributed by atoms with Gasteiger partial charge in [-0.3, -0.25) is 0 Å². The Hall–Kier alpha value is -2.59. The molecule has 4 aromatic rings. The van der Waals surface area contributed by atoms with Crippen LogP contribution in [-0.2, 0) is 25.7 Å². The zero-order chi connectivity index (χ0) is 32.9. The molecule has 0 spiro atoms. The van der Waals surface area contributed by atoms with Gasteiger partial charge in [-0.1, -0.05) is 119 Å². The van der Waals surface area contributed by atoms with Crippen molar-refractivity contribution in [3.8, 4) is 0 Å². The average Bonchev–Trinajstić information content (AvgIpc) is 3.56. The highest BCUT2D eigenvalue weighted by atomic mass is 32.1. The second-order valence-electron chi connectivity index (χ2n) is 16.5. The monoisotopic (exact) mass is 607 g/mol. The van der Waals surface area contributed by atoms with Gasteiger partial charge in [0.1, 0.15) is 17.8 Å². The lowest BCUT2D eigenvalue weighted by Crippen LogP contribution is -2.08. The Balaban J connectivity index is 0.000000287. The Morgan fingerprint density at radius 3 is 1.67 bits per heavy atom. The Bertz CT molecular complexity index is 1210. The number of hydrogen-bond donors (Lipinski definition) is 0. The van der Waals surface area contributed by atoms with Crippen molar-refractivity contribution in [2.45, 2.75) is 123 Å². The summed E-state index contributed by atoms with van der Waals surface area (Å²) in [6.07, 6.45) is 7.52. The lowest BCUT2D eigenvalue weighted by atomic mass is 9.88. The highest BCUT2D eigenvalue weighted by Crippen LogP contribution is 2.24. The second kappa shape index (κ2) is 17.0. The van der Waals surface area contributed by atoms with Crippen LogP contribution in [0.3, 0.4) is 0 Å². The number of thiophene rings is 1. The molecule has 3 aromatic heterocycles. The van der Waals surface area contributed by atoms with E-state index in [0.717, 1.165) is 36.5 Å². The van der Waals surface area contributed by atoms with Crippen molar-refractivity contribution in [1.82, 2.24) is 4.98 Å². The Kier molecular flexibility index (Phi) is 15.2. The van der Waals surface area contributed by atoms with Crippen molar-refractivity contribution in [2.24, 2.45) is 21.7 Å². The molecule has 0 fully saturated rings. The maximum atomic E-state index is 5.46. The van der Waals surface area contributed by atoms with Crippen molar-refractivity contribution in [1.29, 1.82) is 0 Å². The summed E-state index contributed by atoms with van der Waals surface area (Å²) in [6.45, 7) is 30.9. The van der Waals surface area contributed by atoms with Crippen LogP contribution in [-0.4, -0.2) is 4.98 Å². The zero-order valence-electron chi connectivity index (χ0n) is 29.9. The Labute approximate surface area is 268 Å². The van der Waals surface area contributed by atoms with Gasteiger partial charge in [0, 0.05) is 11.3 Å². The minimum absolute atomic E-state index is 0.302. The summed E-state index contributed by atoms with van der Waals surface area (Å²) in [4.78, 5) is 5.53. The standard InChI is InChI=1S/C12H18.C10H16O.C9H14S.C8H13NO/c1-10-6-5-7-11(8-10)9-12(2,3)4;1-8-5-6-9(11-8)7-10(2,3)4;1-9(2,3)7-8-5-4-6-10-8;1-8(2,3)4-7-5-10-6-9-7/h5-8H,9H2,1-4H3;5-6H,7H2,1-4H3;4-6H,7H2,1-3H3;5-6H,4H2,1-3H3. The number of aryl methyl sites for hydroxylation is 2. The van der Waals surface area contributed by atoms with E-state index in [1.165, 1.54) is 28.8 Å². The van der Waals surface area contributed by atoms with E-state index in [1.54, 1.807) is 6.26 Å². The fourth-order valence-corrected chi connectivity index (χ4v) is 5.35. The van der Waals surface area contributed by atoms with Crippen LogP contribution < -0.4 is 0 Å². The number of hydrogen-bond acceptors (Lipinski definition) is 4. The molecule has 4 heteroatoms. The third-order valence-electron chi connectivity index (χ3n) is 5.80. The molecule has 0 atom stereocenters. The van der Waals surface area contributed by atoms with Gasteiger partial charge in [-0.15, -0.1) is 11.3 Å². The number of nitrogens with zero attached hydrogens (tertiary/aromatic N) is 1. The van der Waals surface area contributed by atoms with E-state index in [4.69, 9.17) is 8.83 Å². The predicted octanol–water partition coefficient (Wildman–Crippen LogP) is 12.4. The second-order valence-corrected chi connectivity index (χ2v) is 17.5. The quantitative estimate of drug-likeness (QED) is 0.232. The van der Waals surface area contributed by atoms with Gasteiger partial charge in [-0.05, 0) is 83.9 Å². The maximum absolute atomic E-state index is 5.46. The molecule has 0 N–H and O–H groups in total. The fourth-order valence-electron chi connectivity index (χ4n) is 4.34. The number of oxazole rings is 1. The molecule has 0 saturated heterocycles. The van der Waals surface area contributed by atoms with Crippen LogP contribution in [0.5, 0.6) is 0 Å². The zero-order valence-corrected chi connectivity index (χ0v) is 30.7. The molecular weight excluding hydrogens is 547 g/mol. The molecule has 0 amide bonds. The topological polar surface area (TPSA) is 39.2 Å². The smallest absolute Gasteiger partial charge is 0.180 e. The third kappa shape index (κ3) is 21.7. The lowest BCUT2D eigenvalue weighted by Gasteiger charge is -2.18. The molecule has 43 heavy (non-hydrogen) atoms. The highest BCUT2D eigenvalue weighted by Gasteiger charge is 2.14. The average molecular weight is 608 g/mol. The van der Waals surface area contributed by atoms with Gasteiger partial charge in [0.25, 0.3) is 0 Å². The first-order valence-electron chi connectivity index (χ1n) is 15.6. The summed E-state index contributed by atoms with van der Waals surface area (Å²) >= 11 is 1.85. The summed E-state index contributed by atoms with van der Waals surface area (Å²) in [5.74, 6) is 2.10. The molecule has 3 nitrogen and oxygen atoms in total. The summed E-state index contributed by atoms with van der Waals surface area (Å²) in [5.41, 5.74) is 5.30. The number of rotatable bonds is 4. The number of benzene rings is 1. The number of furan rings is 1. The van der Waals surface area contributed by atoms with E-state index < -0.39 is 0 Å². The molecular formula is C39H61NO2S. The largest absolute Gasteiger partial charge is 0.466 e. The van der Waals surface area contributed by atoms with Crippen LogP contribution in [0.1, 0.15) is 116 Å². The Morgan fingerprint density at radius 1 is 0.651 bits per heavy atom. The first-order valence-corrected chi connectivity index (χ1v) is 16.5. The van der Waals surface area contributed by atoms with Crippen molar-refractivity contribution in [3.05, 3.63) is 99.8 Å². The lowest BCUT2D eigenvalue weighted by molar-refractivity contribution is 0.357. The molecule has 0 aliphatic heterocycles. The molecule has 0 saturated carbocycles. The first-order chi connectivity index (χ1) is 19.6. The van der Waals surface area contributed by atoms with Crippen LogP contribution in [0.2, 0.25) is 0 Å². The molecule has 0 unspecified atom stereocenters. The van der Waals surface area contributed by atoms with E-state index in [1.807, 2.05) is 24.3 Å². The molecule has 4 rings (SSSR count). The van der Waals surface area contributed by atoms with Crippen molar-refractivity contribution >= 4 is 11.3 Å². The Morgan fingerprint density at radius 2 is 1.26 bits per heavy atom. The predicted molar refractivity (Wildman–Crippen MR) is 188 cm³/mol. The van der Waals surface area contributed by atoms with Gasteiger partial charge in [-0.25, -0.2) is 4.98 Å². The maximum Gasteiger partial charge on any atom is 0.180 e. The summed E-state index contributed by atoms with van der Waals surface area (Å²) in [6, 6.07) is 17.1. The van der Waals surface area contributed by atoms with E-state index in [0.29, 0.717) is 21.7 Å². The molecule has 0 aliphatic rings. The minimum atomic E-state index is 0.302. The van der Waals surface area contributed by atoms with Gasteiger partial charge < -0.3 is 8.83 Å². The van der Waals surface area contributed by atoms with E-state index >= 15 is 0 Å². The van der Waals surface area contributed by atoms with Crippen LogP contribution in [0.25, 0.3) is 0 Å². The molecule has 1 aromatic carbocycles. The minimum Gasteiger partial charge on any atom is -0.466 e. The van der Waals surface area contributed by atoms with Crippen LogP contribution in [0.4, 0.5) is 0 Å². The van der Waals surface area contributed by atoms with Gasteiger partial charge in [0.15, 0.2) is 6.39 Å². The third-order valence-corrected chi connectivity index (χ3v) is 6.67. The first kappa shape index (κ1) is 38.4. The van der Waals surface area contributed by atoms with Gasteiger partial charge in [0.2, 0.25) is 0 Å². The highest BCUT2D eigenvalue weighted by molar-refractivity contribution is 7.09.